The number of carbonyl (C=O) groups is 3. The molecule has 0 amide bonds. The fraction of sp³-hybridized carbons (Fsp3) is 0.615. The quantitative estimate of drug-likeness (QED) is 0.320. The van der Waals surface area contributed by atoms with E-state index in [2.05, 4.69) is 11.8 Å². The molecule has 1 atom stereocenters. The Kier molecular flexibility index (Phi) is 4.45. The third-order valence-corrected chi connectivity index (χ3v) is 2.86. The highest BCUT2D eigenvalue weighted by molar-refractivity contribution is 6.05. The van der Waals surface area contributed by atoms with Crippen LogP contribution in [0.1, 0.15) is 39.5 Å². The molecular weight excluding hydrogens is 220 g/mol. The van der Waals surface area contributed by atoms with Gasteiger partial charge in [0.2, 0.25) is 5.78 Å². The molecule has 0 spiro atoms. The lowest BCUT2D eigenvalue weighted by molar-refractivity contribution is -0.158. The molecule has 1 unspecified atom stereocenters. The molecule has 17 heavy (non-hydrogen) atoms. The summed E-state index contributed by atoms with van der Waals surface area (Å²) in [5.74, 6) is 4.10. The molecule has 0 saturated heterocycles. The van der Waals surface area contributed by atoms with E-state index in [1.54, 1.807) is 6.92 Å². The number of hydrogen-bond donors (Lipinski definition) is 0. The largest absolute Gasteiger partial charge is 0.465 e. The van der Waals surface area contributed by atoms with Crippen LogP contribution >= 0.6 is 0 Å². The number of ether oxygens (including phenoxy) is 1. The van der Waals surface area contributed by atoms with Crippen LogP contribution in [0.25, 0.3) is 0 Å². The fourth-order valence-corrected chi connectivity index (χ4v) is 1.99. The summed E-state index contributed by atoms with van der Waals surface area (Å²) in [7, 11) is 0. The number of ketones is 2. The van der Waals surface area contributed by atoms with Crippen molar-refractivity contribution in [3.63, 3.8) is 0 Å². The molecule has 92 valence electrons. The smallest absolute Gasteiger partial charge is 0.320 e. The minimum atomic E-state index is -1.13. The van der Waals surface area contributed by atoms with E-state index < -0.39 is 11.4 Å². The molecule has 1 fully saturated rings. The summed E-state index contributed by atoms with van der Waals surface area (Å²) in [6, 6.07) is 0. The summed E-state index contributed by atoms with van der Waals surface area (Å²) in [5, 5.41) is 0. The number of hydrogen-bond acceptors (Lipinski definition) is 4. The van der Waals surface area contributed by atoms with Crippen molar-refractivity contribution in [2.75, 3.05) is 6.61 Å². The van der Waals surface area contributed by atoms with Gasteiger partial charge < -0.3 is 4.74 Å². The SMILES string of the molecule is CCOC(=O)C1(CC#CC(C)=O)CCCC1=O. The first-order valence-electron chi connectivity index (χ1n) is 5.73. The highest BCUT2D eigenvalue weighted by Crippen LogP contribution is 2.39. The van der Waals surface area contributed by atoms with Gasteiger partial charge in [-0.25, -0.2) is 0 Å². The lowest BCUT2D eigenvalue weighted by Crippen LogP contribution is -2.36. The van der Waals surface area contributed by atoms with Crippen LogP contribution in [0.3, 0.4) is 0 Å². The fourth-order valence-electron chi connectivity index (χ4n) is 1.99. The molecule has 4 heteroatoms. The summed E-state index contributed by atoms with van der Waals surface area (Å²) in [6.45, 7) is 3.29. The van der Waals surface area contributed by atoms with Crippen molar-refractivity contribution >= 4 is 17.5 Å². The van der Waals surface area contributed by atoms with Crippen LogP contribution in [0.5, 0.6) is 0 Å². The monoisotopic (exact) mass is 236 g/mol. The Balaban J connectivity index is 2.88. The molecule has 1 saturated carbocycles. The second kappa shape index (κ2) is 5.62. The lowest BCUT2D eigenvalue weighted by Gasteiger charge is -2.22. The molecule has 1 rings (SSSR count). The molecule has 0 bridgehead atoms. The first kappa shape index (κ1) is 13.4. The predicted molar refractivity (Wildman–Crippen MR) is 61.0 cm³/mol. The van der Waals surface area contributed by atoms with Crippen molar-refractivity contribution in [1.82, 2.24) is 0 Å². The molecule has 1 aliphatic carbocycles. The van der Waals surface area contributed by atoms with Gasteiger partial charge in [-0.1, -0.05) is 5.92 Å². The molecule has 0 N–H and O–H groups in total. The third kappa shape index (κ3) is 2.94. The van der Waals surface area contributed by atoms with E-state index in [1.165, 1.54) is 6.92 Å². The van der Waals surface area contributed by atoms with Gasteiger partial charge in [-0.05, 0) is 25.7 Å². The summed E-state index contributed by atoms with van der Waals surface area (Å²) >= 11 is 0. The van der Waals surface area contributed by atoms with Gasteiger partial charge in [-0.15, -0.1) is 0 Å². The first-order valence-corrected chi connectivity index (χ1v) is 5.73. The summed E-state index contributed by atoms with van der Waals surface area (Å²) in [5.41, 5.74) is -1.13. The molecule has 0 aromatic rings. The zero-order valence-electron chi connectivity index (χ0n) is 10.2. The predicted octanol–water partition coefficient (Wildman–Crippen LogP) is 1.27. The zero-order chi connectivity index (χ0) is 12.9. The summed E-state index contributed by atoms with van der Waals surface area (Å²) in [4.78, 5) is 34.4. The molecule has 0 aromatic heterocycles. The van der Waals surface area contributed by atoms with E-state index in [1.807, 2.05) is 0 Å². The molecule has 0 aromatic carbocycles. The summed E-state index contributed by atoms with van der Waals surface area (Å²) in [6.07, 6.45) is 1.63. The maximum Gasteiger partial charge on any atom is 0.320 e. The van der Waals surface area contributed by atoms with Gasteiger partial charge in [0, 0.05) is 19.8 Å². The van der Waals surface area contributed by atoms with E-state index in [-0.39, 0.29) is 24.6 Å². The van der Waals surface area contributed by atoms with Crippen LogP contribution in [-0.4, -0.2) is 24.1 Å². The highest BCUT2D eigenvalue weighted by Gasteiger charge is 2.49. The molecule has 1 aliphatic rings. The Bertz CT molecular complexity index is 399. The molecule has 4 nitrogen and oxygen atoms in total. The molecule has 0 radical (unpaired) electrons. The standard InChI is InChI=1S/C13H16O4/c1-3-17-12(16)13(8-4-6-10(2)14)9-5-7-11(13)15/h3,5,7-9H2,1-2H3. The van der Waals surface area contributed by atoms with E-state index in [4.69, 9.17) is 4.74 Å². The highest BCUT2D eigenvalue weighted by atomic mass is 16.5. The molecule has 0 aliphatic heterocycles. The van der Waals surface area contributed by atoms with E-state index in [0.29, 0.717) is 19.3 Å². The number of carbonyl (C=O) groups excluding carboxylic acids is 3. The van der Waals surface area contributed by atoms with Gasteiger partial charge in [0.25, 0.3) is 0 Å². The summed E-state index contributed by atoms with van der Waals surface area (Å²) < 4.78 is 4.94. The van der Waals surface area contributed by atoms with E-state index in [9.17, 15) is 14.4 Å². The number of esters is 1. The van der Waals surface area contributed by atoms with Crippen LogP contribution in [-0.2, 0) is 19.1 Å². The van der Waals surface area contributed by atoms with Crippen molar-refractivity contribution < 1.29 is 19.1 Å². The van der Waals surface area contributed by atoms with Crippen molar-refractivity contribution in [3.05, 3.63) is 0 Å². The maximum atomic E-state index is 11.9. The van der Waals surface area contributed by atoms with Crippen LogP contribution in [0, 0.1) is 17.3 Å². The normalized spacial score (nSPS) is 22.8. The van der Waals surface area contributed by atoms with E-state index >= 15 is 0 Å². The number of Topliss-reactive ketones (excluding diaryl/α,β-unsaturated/α-hetero) is 2. The average Bonchev–Trinajstić information content (AvgIpc) is 2.61. The van der Waals surface area contributed by atoms with Gasteiger partial charge in [-0.3, -0.25) is 14.4 Å². The first-order chi connectivity index (χ1) is 8.03. The van der Waals surface area contributed by atoms with Gasteiger partial charge in [-0.2, -0.15) is 0 Å². The Hall–Kier alpha value is -1.63. The second-order valence-corrected chi connectivity index (χ2v) is 4.11. The van der Waals surface area contributed by atoms with Gasteiger partial charge in [0.1, 0.15) is 5.41 Å². The van der Waals surface area contributed by atoms with Crippen LogP contribution < -0.4 is 0 Å². The minimum Gasteiger partial charge on any atom is -0.465 e. The van der Waals surface area contributed by atoms with Gasteiger partial charge in [0.15, 0.2) is 5.78 Å². The van der Waals surface area contributed by atoms with Crippen LogP contribution in [0.15, 0.2) is 0 Å². The molecule has 0 heterocycles. The topological polar surface area (TPSA) is 60.4 Å². The third-order valence-electron chi connectivity index (χ3n) is 2.86. The Morgan fingerprint density at radius 2 is 2.18 bits per heavy atom. The Labute approximate surface area is 101 Å². The number of rotatable bonds is 3. The maximum absolute atomic E-state index is 11.9. The van der Waals surface area contributed by atoms with E-state index in [0.717, 1.165) is 0 Å². The Morgan fingerprint density at radius 1 is 1.47 bits per heavy atom. The lowest BCUT2D eigenvalue weighted by atomic mass is 9.82. The second-order valence-electron chi connectivity index (χ2n) is 4.11. The van der Waals surface area contributed by atoms with Crippen molar-refractivity contribution in [2.24, 2.45) is 5.41 Å². The molecular formula is C13H16O4. The van der Waals surface area contributed by atoms with Gasteiger partial charge >= 0.3 is 5.97 Å². The minimum absolute atomic E-state index is 0.0875. The zero-order valence-corrected chi connectivity index (χ0v) is 10.2. The van der Waals surface area contributed by atoms with Crippen LogP contribution in [0.4, 0.5) is 0 Å². The van der Waals surface area contributed by atoms with Crippen molar-refractivity contribution in [1.29, 1.82) is 0 Å². The van der Waals surface area contributed by atoms with Crippen LogP contribution in [0.2, 0.25) is 0 Å². The average molecular weight is 236 g/mol. The Morgan fingerprint density at radius 3 is 2.65 bits per heavy atom. The van der Waals surface area contributed by atoms with Crippen molar-refractivity contribution in [2.45, 2.75) is 39.5 Å². The van der Waals surface area contributed by atoms with Crippen molar-refractivity contribution in [3.8, 4) is 11.8 Å². The van der Waals surface area contributed by atoms with Gasteiger partial charge in [0.05, 0.1) is 6.61 Å².